The average molecular weight is 251 g/mol. The van der Waals surface area contributed by atoms with E-state index in [0.717, 1.165) is 25.5 Å². The Morgan fingerprint density at radius 1 is 1.33 bits per heavy atom. The number of halogens is 1. The topological polar surface area (TPSA) is 38.3 Å². The predicted octanol–water partition coefficient (Wildman–Crippen LogP) is 3.15. The third-order valence-electron chi connectivity index (χ3n) is 3.44. The van der Waals surface area contributed by atoms with Crippen LogP contribution in [0.5, 0.6) is 5.75 Å². The lowest BCUT2D eigenvalue weighted by Crippen LogP contribution is -2.40. The summed E-state index contributed by atoms with van der Waals surface area (Å²) in [5.74, 6) is 0.0485. The molecule has 0 saturated heterocycles. The van der Waals surface area contributed by atoms with Gasteiger partial charge in [-0.3, -0.25) is 4.79 Å². The molecule has 1 saturated carbocycles. The van der Waals surface area contributed by atoms with Crippen LogP contribution in [0.1, 0.15) is 32.1 Å². The molecule has 0 atom stereocenters. The van der Waals surface area contributed by atoms with Gasteiger partial charge in [0.25, 0.3) is 0 Å². The van der Waals surface area contributed by atoms with Crippen molar-refractivity contribution in [1.29, 1.82) is 0 Å². The molecule has 1 N–H and O–H groups in total. The van der Waals surface area contributed by atoms with E-state index in [4.69, 9.17) is 4.74 Å². The molecule has 1 fully saturated rings. The summed E-state index contributed by atoms with van der Waals surface area (Å²) in [6, 6.07) is 4.31. The van der Waals surface area contributed by atoms with E-state index >= 15 is 0 Å². The maximum atomic E-state index is 13.3. The van der Waals surface area contributed by atoms with Crippen molar-refractivity contribution in [1.82, 2.24) is 0 Å². The van der Waals surface area contributed by atoms with E-state index in [1.807, 2.05) is 0 Å². The molecule has 98 valence electrons. The molecule has 0 aromatic heterocycles. The van der Waals surface area contributed by atoms with E-state index in [1.165, 1.54) is 12.1 Å². The fraction of sp³-hybridized carbons (Fsp3) is 0.500. The van der Waals surface area contributed by atoms with Crippen LogP contribution in [0.2, 0.25) is 0 Å². The number of anilines is 1. The third-order valence-corrected chi connectivity index (χ3v) is 3.44. The van der Waals surface area contributed by atoms with Crippen LogP contribution in [0.25, 0.3) is 0 Å². The van der Waals surface area contributed by atoms with Gasteiger partial charge in [-0.15, -0.1) is 0 Å². The summed E-state index contributed by atoms with van der Waals surface area (Å²) < 4.78 is 19.1. The Labute approximate surface area is 106 Å². The van der Waals surface area contributed by atoms with E-state index in [2.05, 4.69) is 5.32 Å². The van der Waals surface area contributed by atoms with Gasteiger partial charge in [-0.2, -0.15) is 0 Å². The van der Waals surface area contributed by atoms with Crippen molar-refractivity contribution in [2.45, 2.75) is 37.7 Å². The zero-order chi connectivity index (χ0) is 13.0. The number of hydrogen-bond donors (Lipinski definition) is 1. The van der Waals surface area contributed by atoms with Crippen LogP contribution in [0.15, 0.2) is 18.2 Å². The predicted molar refractivity (Wildman–Crippen MR) is 68.5 cm³/mol. The van der Waals surface area contributed by atoms with Gasteiger partial charge in [0, 0.05) is 13.1 Å². The Hall–Kier alpha value is -1.58. The molecule has 1 aromatic carbocycles. The Morgan fingerprint density at radius 2 is 2.06 bits per heavy atom. The maximum absolute atomic E-state index is 13.3. The first kappa shape index (κ1) is 12.9. The highest BCUT2D eigenvalue weighted by atomic mass is 19.1. The van der Waals surface area contributed by atoms with Crippen molar-refractivity contribution in [2.75, 3.05) is 12.4 Å². The first-order valence-electron chi connectivity index (χ1n) is 6.32. The van der Waals surface area contributed by atoms with Crippen LogP contribution < -0.4 is 10.1 Å². The molecule has 1 aromatic rings. The molecule has 3 nitrogen and oxygen atoms in total. The molecule has 0 bridgehead atoms. The Morgan fingerprint density at radius 3 is 2.67 bits per heavy atom. The van der Waals surface area contributed by atoms with Gasteiger partial charge in [0.05, 0.1) is 5.69 Å². The van der Waals surface area contributed by atoms with Crippen LogP contribution in [0, 0.1) is 5.82 Å². The number of benzene rings is 1. The number of aldehydes is 1. The summed E-state index contributed by atoms with van der Waals surface area (Å²) in [4.78, 5) is 11.3. The second-order valence-corrected chi connectivity index (χ2v) is 4.74. The number of ether oxygens (including phenoxy) is 1. The number of carbonyl (C=O) groups excluding carboxylic acids is 1. The van der Waals surface area contributed by atoms with Gasteiger partial charge in [0.1, 0.15) is 11.6 Å². The van der Waals surface area contributed by atoms with E-state index in [-0.39, 0.29) is 5.82 Å². The normalized spacial score (nSPS) is 18.1. The molecule has 0 amide bonds. The van der Waals surface area contributed by atoms with E-state index in [1.54, 1.807) is 13.1 Å². The average Bonchev–Trinajstić information content (AvgIpc) is 2.40. The van der Waals surface area contributed by atoms with Gasteiger partial charge >= 0.3 is 0 Å². The smallest absolute Gasteiger partial charge is 0.164 e. The van der Waals surface area contributed by atoms with Gasteiger partial charge in [0.15, 0.2) is 11.9 Å². The van der Waals surface area contributed by atoms with Crippen LogP contribution >= 0.6 is 0 Å². The molecule has 18 heavy (non-hydrogen) atoms. The summed E-state index contributed by atoms with van der Waals surface area (Å²) in [7, 11) is 1.74. The van der Waals surface area contributed by atoms with Crippen molar-refractivity contribution in [3.05, 3.63) is 24.0 Å². The van der Waals surface area contributed by atoms with Crippen LogP contribution in [-0.2, 0) is 4.79 Å². The van der Waals surface area contributed by atoms with Gasteiger partial charge in [-0.25, -0.2) is 4.39 Å². The first-order valence-corrected chi connectivity index (χ1v) is 6.32. The fourth-order valence-corrected chi connectivity index (χ4v) is 2.40. The zero-order valence-electron chi connectivity index (χ0n) is 10.5. The van der Waals surface area contributed by atoms with E-state index in [9.17, 15) is 9.18 Å². The molecule has 2 rings (SSSR count). The minimum absolute atomic E-state index is 0.360. The number of hydrogen-bond acceptors (Lipinski definition) is 3. The maximum Gasteiger partial charge on any atom is 0.164 e. The van der Waals surface area contributed by atoms with Crippen molar-refractivity contribution in [3.8, 4) is 5.75 Å². The summed E-state index contributed by atoms with van der Waals surface area (Å²) in [5.41, 5.74) is -0.0827. The highest BCUT2D eigenvalue weighted by Gasteiger charge is 2.34. The molecule has 1 aliphatic rings. The van der Waals surface area contributed by atoms with Gasteiger partial charge in [-0.05, 0) is 37.8 Å². The molecular weight excluding hydrogens is 233 g/mol. The second-order valence-electron chi connectivity index (χ2n) is 4.74. The van der Waals surface area contributed by atoms with Crippen molar-refractivity contribution >= 4 is 12.0 Å². The Kier molecular flexibility index (Phi) is 3.84. The number of rotatable bonds is 4. The number of carbonyl (C=O) groups is 1. The van der Waals surface area contributed by atoms with Gasteiger partial charge < -0.3 is 10.1 Å². The fourth-order valence-electron chi connectivity index (χ4n) is 2.40. The minimum atomic E-state index is -0.780. The van der Waals surface area contributed by atoms with Crippen LogP contribution in [-0.4, -0.2) is 18.9 Å². The SMILES string of the molecule is CNc1ccc(F)cc1OC1(C=O)CCCCC1. The summed E-state index contributed by atoms with van der Waals surface area (Å²) in [5, 5.41) is 2.95. The lowest BCUT2D eigenvalue weighted by molar-refractivity contribution is -0.124. The monoisotopic (exact) mass is 251 g/mol. The first-order chi connectivity index (χ1) is 8.69. The van der Waals surface area contributed by atoms with E-state index < -0.39 is 5.60 Å². The molecule has 0 heterocycles. The van der Waals surface area contributed by atoms with Crippen molar-refractivity contribution in [3.63, 3.8) is 0 Å². The Balaban J connectivity index is 2.25. The van der Waals surface area contributed by atoms with Crippen molar-refractivity contribution < 1.29 is 13.9 Å². The number of nitrogens with one attached hydrogen (secondary N) is 1. The summed E-state index contributed by atoms with van der Waals surface area (Å²) in [6.07, 6.45) is 5.36. The molecule has 0 spiro atoms. The lowest BCUT2D eigenvalue weighted by Gasteiger charge is -2.33. The summed E-state index contributed by atoms with van der Waals surface area (Å²) >= 11 is 0. The molecule has 0 unspecified atom stereocenters. The zero-order valence-corrected chi connectivity index (χ0v) is 10.5. The second kappa shape index (κ2) is 5.38. The molecular formula is C14H18FNO2. The third kappa shape index (κ3) is 2.63. The molecule has 0 aliphatic heterocycles. The highest BCUT2D eigenvalue weighted by Crippen LogP contribution is 2.35. The van der Waals surface area contributed by atoms with Gasteiger partial charge in [-0.1, -0.05) is 6.42 Å². The largest absolute Gasteiger partial charge is 0.478 e. The van der Waals surface area contributed by atoms with Crippen LogP contribution in [0.4, 0.5) is 10.1 Å². The Bertz CT molecular complexity index is 428. The van der Waals surface area contributed by atoms with Crippen LogP contribution in [0.3, 0.4) is 0 Å². The minimum Gasteiger partial charge on any atom is -0.478 e. The lowest BCUT2D eigenvalue weighted by atomic mass is 9.86. The molecule has 1 aliphatic carbocycles. The molecule has 4 heteroatoms. The quantitative estimate of drug-likeness (QED) is 0.835. The van der Waals surface area contributed by atoms with Gasteiger partial charge in [0.2, 0.25) is 0 Å². The summed E-state index contributed by atoms with van der Waals surface area (Å²) in [6.45, 7) is 0. The molecule has 0 radical (unpaired) electrons. The standard InChI is InChI=1S/C14H18FNO2/c1-16-12-6-5-11(15)9-13(12)18-14(10-17)7-3-2-4-8-14/h5-6,9-10,16H,2-4,7-8H2,1H3. The van der Waals surface area contributed by atoms with E-state index in [0.29, 0.717) is 24.3 Å². The highest BCUT2D eigenvalue weighted by molar-refractivity contribution is 5.65. The van der Waals surface area contributed by atoms with Crippen molar-refractivity contribution in [2.24, 2.45) is 0 Å².